The Morgan fingerprint density at radius 2 is 1.89 bits per heavy atom. The number of anilines is 1. The molecular weight excluding hydrogens is 340 g/mol. The molecule has 0 spiro atoms. The Labute approximate surface area is 122 Å². The molecule has 0 amide bonds. The van der Waals surface area contributed by atoms with Gasteiger partial charge < -0.3 is 10.4 Å². The second-order valence-corrected chi connectivity index (χ2v) is 5.16. The van der Waals surface area contributed by atoms with Gasteiger partial charge in [0.2, 0.25) is 0 Å². The van der Waals surface area contributed by atoms with E-state index in [0.717, 1.165) is 12.1 Å². The molecule has 100 valence electrons. The van der Waals surface area contributed by atoms with Crippen molar-refractivity contribution < 1.29 is 13.9 Å². The molecule has 2 nitrogen and oxygen atoms in total. The molecule has 0 heterocycles. The fourth-order valence-electron chi connectivity index (χ4n) is 1.54. The summed E-state index contributed by atoms with van der Waals surface area (Å²) >= 11 is 8.69. The van der Waals surface area contributed by atoms with Crippen molar-refractivity contribution in [2.45, 2.75) is 6.54 Å². The molecule has 2 aromatic rings. The van der Waals surface area contributed by atoms with Gasteiger partial charge in [0.25, 0.3) is 0 Å². The monoisotopic (exact) mass is 347 g/mol. The quantitative estimate of drug-likeness (QED) is 0.788. The highest BCUT2D eigenvalue weighted by Gasteiger charge is 2.09. The van der Waals surface area contributed by atoms with E-state index in [9.17, 15) is 13.9 Å². The number of phenols is 1. The minimum atomic E-state index is -0.588. The van der Waals surface area contributed by atoms with Crippen molar-refractivity contribution >= 4 is 33.2 Å². The summed E-state index contributed by atoms with van der Waals surface area (Å²) in [6.07, 6.45) is 0. The van der Waals surface area contributed by atoms with Crippen LogP contribution in [0.5, 0.6) is 5.75 Å². The highest BCUT2D eigenvalue weighted by Crippen LogP contribution is 2.26. The fraction of sp³-hybridized carbons (Fsp3) is 0.0769. The molecule has 0 atom stereocenters. The molecule has 0 aliphatic rings. The smallest absolute Gasteiger partial charge is 0.147 e. The Bertz CT molecular complexity index is 622. The zero-order valence-corrected chi connectivity index (χ0v) is 11.9. The number of phenolic OH excluding ortho intramolecular Hbond substituents is 1. The molecule has 0 radical (unpaired) electrons. The van der Waals surface area contributed by atoms with Crippen LogP contribution in [0.2, 0.25) is 5.02 Å². The maximum Gasteiger partial charge on any atom is 0.147 e. The molecule has 0 saturated carbocycles. The Morgan fingerprint density at radius 3 is 2.63 bits per heavy atom. The van der Waals surface area contributed by atoms with Gasteiger partial charge in [-0.15, -0.1) is 0 Å². The first-order chi connectivity index (χ1) is 8.97. The van der Waals surface area contributed by atoms with Crippen molar-refractivity contribution in [1.82, 2.24) is 0 Å². The second kappa shape index (κ2) is 5.75. The van der Waals surface area contributed by atoms with Crippen LogP contribution in [0.1, 0.15) is 5.56 Å². The van der Waals surface area contributed by atoms with Gasteiger partial charge in [-0.1, -0.05) is 11.6 Å². The third kappa shape index (κ3) is 3.36. The molecule has 0 fully saturated rings. The molecule has 2 rings (SSSR count). The van der Waals surface area contributed by atoms with E-state index in [4.69, 9.17) is 11.6 Å². The Hall–Kier alpha value is -1.33. The van der Waals surface area contributed by atoms with Crippen molar-refractivity contribution in [3.63, 3.8) is 0 Å². The van der Waals surface area contributed by atoms with Crippen LogP contribution < -0.4 is 5.32 Å². The predicted octanol–water partition coefficient (Wildman–Crippen LogP) is 4.70. The van der Waals surface area contributed by atoms with Crippen LogP contribution in [0, 0.1) is 11.6 Å². The zero-order valence-electron chi connectivity index (χ0n) is 9.55. The van der Waals surface area contributed by atoms with Crippen molar-refractivity contribution in [3.05, 3.63) is 57.0 Å². The zero-order chi connectivity index (χ0) is 14.0. The normalized spacial score (nSPS) is 10.5. The minimum absolute atomic E-state index is 0.0140. The van der Waals surface area contributed by atoms with Gasteiger partial charge in [-0.05, 0) is 40.2 Å². The first-order valence-electron chi connectivity index (χ1n) is 5.33. The number of rotatable bonds is 3. The lowest BCUT2D eigenvalue weighted by atomic mass is 10.2. The number of halogens is 4. The largest absolute Gasteiger partial charge is 0.508 e. The lowest BCUT2D eigenvalue weighted by Gasteiger charge is -2.10. The summed E-state index contributed by atoms with van der Waals surface area (Å²) in [7, 11) is 0. The first kappa shape index (κ1) is 14.1. The van der Waals surface area contributed by atoms with Gasteiger partial charge in [0.1, 0.15) is 17.4 Å². The highest BCUT2D eigenvalue weighted by atomic mass is 79.9. The van der Waals surface area contributed by atoms with E-state index < -0.39 is 11.6 Å². The van der Waals surface area contributed by atoms with Gasteiger partial charge in [-0.2, -0.15) is 0 Å². The average molecular weight is 349 g/mol. The van der Waals surface area contributed by atoms with E-state index in [0.29, 0.717) is 10.6 Å². The van der Waals surface area contributed by atoms with E-state index in [1.165, 1.54) is 6.07 Å². The van der Waals surface area contributed by atoms with Crippen LogP contribution in [0.3, 0.4) is 0 Å². The highest BCUT2D eigenvalue weighted by molar-refractivity contribution is 9.10. The van der Waals surface area contributed by atoms with Crippen LogP contribution in [-0.4, -0.2) is 5.11 Å². The van der Waals surface area contributed by atoms with Gasteiger partial charge in [0, 0.05) is 23.2 Å². The van der Waals surface area contributed by atoms with Gasteiger partial charge in [-0.25, -0.2) is 8.78 Å². The molecule has 2 N–H and O–H groups in total. The van der Waals surface area contributed by atoms with E-state index in [-0.39, 0.29) is 22.5 Å². The maximum atomic E-state index is 13.6. The number of nitrogens with one attached hydrogen (secondary N) is 1. The lowest BCUT2D eigenvalue weighted by Crippen LogP contribution is -2.02. The van der Waals surface area contributed by atoms with E-state index >= 15 is 0 Å². The van der Waals surface area contributed by atoms with Crippen LogP contribution in [-0.2, 0) is 6.54 Å². The van der Waals surface area contributed by atoms with Crippen LogP contribution in [0.4, 0.5) is 14.5 Å². The summed E-state index contributed by atoms with van der Waals surface area (Å²) in [5, 5.41) is 12.8. The van der Waals surface area contributed by atoms with Gasteiger partial charge in [0.05, 0.1) is 10.2 Å². The third-order valence-corrected chi connectivity index (χ3v) is 3.36. The standard InChI is InChI=1S/C13H9BrClF2NO/c14-9-4-11(17)12(5-10(9)16)18-6-7-3-8(15)1-2-13(7)19/h1-5,18-19H,6H2. The van der Waals surface area contributed by atoms with Crippen molar-refractivity contribution in [2.24, 2.45) is 0 Å². The summed E-state index contributed by atoms with van der Waals surface area (Å²) in [5.41, 5.74) is 0.510. The molecule has 0 bridgehead atoms. The average Bonchev–Trinajstić information content (AvgIpc) is 2.36. The van der Waals surface area contributed by atoms with E-state index in [2.05, 4.69) is 21.2 Å². The summed E-state index contributed by atoms with van der Waals surface area (Å²) < 4.78 is 26.9. The van der Waals surface area contributed by atoms with E-state index in [1.807, 2.05) is 0 Å². The molecule has 0 aromatic heterocycles. The predicted molar refractivity (Wildman–Crippen MR) is 74.5 cm³/mol. The number of hydrogen-bond donors (Lipinski definition) is 2. The van der Waals surface area contributed by atoms with Gasteiger partial charge in [0.15, 0.2) is 0 Å². The molecule has 0 unspecified atom stereocenters. The van der Waals surface area contributed by atoms with Crippen molar-refractivity contribution in [1.29, 1.82) is 0 Å². The topological polar surface area (TPSA) is 32.3 Å². The number of aromatic hydroxyl groups is 1. The minimum Gasteiger partial charge on any atom is -0.508 e. The maximum absolute atomic E-state index is 13.6. The third-order valence-electron chi connectivity index (χ3n) is 2.52. The molecule has 2 aromatic carbocycles. The summed E-state index contributed by atoms with van der Waals surface area (Å²) in [6.45, 7) is 0.129. The lowest BCUT2D eigenvalue weighted by molar-refractivity contribution is 0.469. The fourth-order valence-corrected chi connectivity index (χ4v) is 2.05. The Balaban J connectivity index is 2.19. The summed E-state index contributed by atoms with van der Waals surface area (Å²) in [4.78, 5) is 0. The van der Waals surface area contributed by atoms with Gasteiger partial charge >= 0.3 is 0 Å². The summed E-state index contributed by atoms with van der Waals surface area (Å²) in [6, 6.07) is 6.62. The molecular formula is C13H9BrClF2NO. The Morgan fingerprint density at radius 1 is 1.16 bits per heavy atom. The Kier molecular flexibility index (Phi) is 4.27. The van der Waals surface area contributed by atoms with E-state index in [1.54, 1.807) is 12.1 Å². The van der Waals surface area contributed by atoms with Crippen molar-refractivity contribution in [2.75, 3.05) is 5.32 Å². The van der Waals surface area contributed by atoms with Crippen LogP contribution >= 0.6 is 27.5 Å². The van der Waals surface area contributed by atoms with Crippen LogP contribution in [0.15, 0.2) is 34.8 Å². The van der Waals surface area contributed by atoms with Gasteiger partial charge in [-0.3, -0.25) is 0 Å². The molecule has 6 heteroatoms. The SMILES string of the molecule is Oc1ccc(Cl)cc1CNc1cc(F)c(Br)cc1F. The summed E-state index contributed by atoms with van der Waals surface area (Å²) in [5.74, 6) is -1.12. The van der Waals surface area contributed by atoms with Crippen LogP contribution in [0.25, 0.3) is 0 Å². The first-order valence-corrected chi connectivity index (χ1v) is 6.50. The second-order valence-electron chi connectivity index (χ2n) is 3.87. The number of hydrogen-bond acceptors (Lipinski definition) is 2. The molecule has 0 aliphatic carbocycles. The molecule has 0 saturated heterocycles. The molecule has 19 heavy (non-hydrogen) atoms. The number of benzene rings is 2. The molecule has 0 aliphatic heterocycles. The van der Waals surface area contributed by atoms with Crippen molar-refractivity contribution in [3.8, 4) is 5.75 Å².